The van der Waals surface area contributed by atoms with Crippen molar-refractivity contribution in [3.63, 3.8) is 0 Å². The zero-order valence-electron chi connectivity index (χ0n) is 10.4. The quantitative estimate of drug-likeness (QED) is 0.725. The Morgan fingerprint density at radius 2 is 1.90 bits per heavy atom. The molecule has 0 aliphatic rings. The molecule has 0 saturated heterocycles. The van der Waals surface area contributed by atoms with E-state index in [0.717, 1.165) is 11.1 Å². The van der Waals surface area contributed by atoms with Gasteiger partial charge in [-0.2, -0.15) is 5.10 Å². The number of nitrogens with zero attached hydrogens (tertiary/aromatic N) is 3. The molecule has 0 bridgehead atoms. The van der Waals surface area contributed by atoms with E-state index in [2.05, 4.69) is 10.1 Å². The van der Waals surface area contributed by atoms with Crippen molar-refractivity contribution in [2.24, 2.45) is 0 Å². The van der Waals surface area contributed by atoms with Crippen molar-refractivity contribution in [2.45, 2.75) is 0 Å². The minimum Gasteiger partial charge on any atom is -0.267 e. The molecule has 0 saturated carbocycles. The Morgan fingerprint density at radius 3 is 2.65 bits per heavy atom. The SMILES string of the molecule is O=C(c1cccc(Cl)c1)n1cc(-c2ccncc2)cn1. The molecular formula is C15H10ClN3O. The molecule has 0 radical (unpaired) electrons. The smallest absolute Gasteiger partial charge is 0.267 e. The fraction of sp³-hybridized carbons (Fsp3) is 0. The highest BCUT2D eigenvalue weighted by Gasteiger charge is 2.11. The van der Waals surface area contributed by atoms with E-state index in [4.69, 9.17) is 11.6 Å². The Bertz CT molecular complexity index is 753. The maximum Gasteiger partial charge on any atom is 0.278 e. The molecule has 0 unspecified atom stereocenters. The third kappa shape index (κ3) is 2.46. The Balaban J connectivity index is 1.93. The van der Waals surface area contributed by atoms with Gasteiger partial charge in [0.15, 0.2) is 0 Å². The first-order chi connectivity index (χ1) is 9.74. The lowest BCUT2D eigenvalue weighted by atomic mass is 10.1. The van der Waals surface area contributed by atoms with Crippen LogP contribution in [0.5, 0.6) is 0 Å². The maximum absolute atomic E-state index is 12.3. The summed E-state index contributed by atoms with van der Waals surface area (Å²) in [6, 6.07) is 10.5. The molecule has 0 fully saturated rings. The summed E-state index contributed by atoms with van der Waals surface area (Å²) in [4.78, 5) is 16.2. The molecule has 4 nitrogen and oxygen atoms in total. The van der Waals surface area contributed by atoms with Gasteiger partial charge in [0.05, 0.1) is 6.20 Å². The molecular weight excluding hydrogens is 274 g/mol. The molecule has 2 heterocycles. The second-order valence-corrected chi connectivity index (χ2v) is 4.66. The number of rotatable bonds is 2. The fourth-order valence-corrected chi connectivity index (χ4v) is 2.07. The number of carbonyl (C=O) groups excluding carboxylic acids is 1. The van der Waals surface area contributed by atoms with Gasteiger partial charge >= 0.3 is 0 Å². The van der Waals surface area contributed by atoms with Crippen molar-refractivity contribution in [2.75, 3.05) is 0 Å². The first-order valence-electron chi connectivity index (χ1n) is 5.99. The van der Waals surface area contributed by atoms with Gasteiger partial charge in [0.1, 0.15) is 0 Å². The van der Waals surface area contributed by atoms with Gasteiger partial charge in [-0.25, -0.2) is 4.68 Å². The van der Waals surface area contributed by atoms with Crippen molar-refractivity contribution >= 4 is 17.5 Å². The van der Waals surface area contributed by atoms with Gasteiger partial charge in [-0.3, -0.25) is 9.78 Å². The van der Waals surface area contributed by atoms with Crippen molar-refractivity contribution in [3.05, 3.63) is 71.8 Å². The van der Waals surface area contributed by atoms with Crippen LogP contribution in [0.2, 0.25) is 5.02 Å². The number of benzene rings is 1. The molecule has 98 valence electrons. The summed E-state index contributed by atoms with van der Waals surface area (Å²) in [6.07, 6.45) is 6.74. The van der Waals surface area contributed by atoms with Crippen molar-refractivity contribution in [1.29, 1.82) is 0 Å². The molecule has 0 aliphatic heterocycles. The van der Waals surface area contributed by atoms with Crippen LogP contribution >= 0.6 is 11.6 Å². The Labute approximate surface area is 120 Å². The van der Waals surface area contributed by atoms with Crippen LogP contribution < -0.4 is 0 Å². The summed E-state index contributed by atoms with van der Waals surface area (Å²) in [7, 11) is 0. The first-order valence-corrected chi connectivity index (χ1v) is 6.37. The second-order valence-electron chi connectivity index (χ2n) is 4.22. The molecule has 0 atom stereocenters. The molecule has 5 heteroatoms. The second kappa shape index (κ2) is 5.27. The molecule has 3 rings (SSSR count). The third-order valence-corrected chi connectivity index (χ3v) is 3.11. The number of halogens is 1. The van der Waals surface area contributed by atoms with Crippen LogP contribution in [0.25, 0.3) is 11.1 Å². The minimum absolute atomic E-state index is 0.215. The molecule has 0 spiro atoms. The molecule has 20 heavy (non-hydrogen) atoms. The number of aromatic nitrogens is 3. The number of carbonyl (C=O) groups is 1. The van der Waals surface area contributed by atoms with E-state index in [9.17, 15) is 4.79 Å². The van der Waals surface area contributed by atoms with E-state index in [1.165, 1.54) is 4.68 Å². The van der Waals surface area contributed by atoms with E-state index < -0.39 is 0 Å². The van der Waals surface area contributed by atoms with E-state index in [1.807, 2.05) is 12.1 Å². The normalized spacial score (nSPS) is 10.4. The summed E-state index contributed by atoms with van der Waals surface area (Å²) in [5.74, 6) is -0.215. The lowest BCUT2D eigenvalue weighted by Gasteiger charge is -2.00. The van der Waals surface area contributed by atoms with Crippen molar-refractivity contribution < 1.29 is 4.79 Å². The Hall–Kier alpha value is -2.46. The van der Waals surface area contributed by atoms with Gasteiger partial charge in [-0.05, 0) is 35.9 Å². The van der Waals surface area contributed by atoms with Crippen LogP contribution in [-0.2, 0) is 0 Å². The largest absolute Gasteiger partial charge is 0.278 e. The molecule has 1 aromatic carbocycles. The van der Waals surface area contributed by atoms with Gasteiger partial charge in [-0.1, -0.05) is 17.7 Å². The zero-order valence-corrected chi connectivity index (χ0v) is 11.2. The standard InChI is InChI=1S/C15H10ClN3O/c16-14-3-1-2-12(8-14)15(20)19-10-13(9-18-19)11-4-6-17-7-5-11/h1-10H. The monoisotopic (exact) mass is 283 g/mol. The van der Waals surface area contributed by atoms with E-state index in [1.54, 1.807) is 49.1 Å². The van der Waals surface area contributed by atoms with Crippen LogP contribution in [0, 0.1) is 0 Å². The summed E-state index contributed by atoms with van der Waals surface area (Å²) in [5.41, 5.74) is 2.33. The average Bonchev–Trinajstić information content (AvgIpc) is 2.97. The van der Waals surface area contributed by atoms with Crippen molar-refractivity contribution in [1.82, 2.24) is 14.8 Å². The average molecular weight is 284 g/mol. The van der Waals surface area contributed by atoms with Crippen LogP contribution in [0.15, 0.2) is 61.2 Å². The van der Waals surface area contributed by atoms with Crippen LogP contribution in [-0.4, -0.2) is 20.7 Å². The summed E-state index contributed by atoms with van der Waals surface area (Å²) >= 11 is 5.89. The highest BCUT2D eigenvalue weighted by molar-refractivity contribution is 6.31. The van der Waals surface area contributed by atoms with Crippen LogP contribution in [0.1, 0.15) is 10.4 Å². The highest BCUT2D eigenvalue weighted by Crippen LogP contribution is 2.18. The van der Waals surface area contributed by atoms with Gasteiger partial charge in [0, 0.05) is 34.7 Å². The van der Waals surface area contributed by atoms with Crippen LogP contribution in [0.3, 0.4) is 0 Å². The molecule has 3 aromatic rings. The maximum atomic E-state index is 12.3. The molecule has 0 N–H and O–H groups in total. The van der Waals surface area contributed by atoms with E-state index in [0.29, 0.717) is 10.6 Å². The first kappa shape index (κ1) is 12.6. The Morgan fingerprint density at radius 1 is 1.10 bits per heavy atom. The Kier molecular flexibility index (Phi) is 3.31. The molecule has 0 amide bonds. The van der Waals surface area contributed by atoms with E-state index in [-0.39, 0.29) is 5.91 Å². The number of pyridine rings is 1. The minimum atomic E-state index is -0.215. The summed E-state index contributed by atoms with van der Waals surface area (Å²) in [6.45, 7) is 0. The third-order valence-electron chi connectivity index (χ3n) is 2.88. The van der Waals surface area contributed by atoms with Crippen molar-refractivity contribution in [3.8, 4) is 11.1 Å². The summed E-state index contributed by atoms with van der Waals surface area (Å²) in [5, 5.41) is 4.63. The molecule has 2 aromatic heterocycles. The molecule has 0 aliphatic carbocycles. The van der Waals surface area contributed by atoms with Gasteiger partial charge in [0.25, 0.3) is 5.91 Å². The van der Waals surface area contributed by atoms with Gasteiger partial charge < -0.3 is 0 Å². The van der Waals surface area contributed by atoms with Gasteiger partial charge in [0.2, 0.25) is 0 Å². The fourth-order valence-electron chi connectivity index (χ4n) is 1.88. The topological polar surface area (TPSA) is 47.8 Å². The summed E-state index contributed by atoms with van der Waals surface area (Å²) < 4.78 is 1.31. The van der Waals surface area contributed by atoms with E-state index >= 15 is 0 Å². The van der Waals surface area contributed by atoms with Gasteiger partial charge in [-0.15, -0.1) is 0 Å². The predicted octanol–water partition coefficient (Wildman–Crippen LogP) is 3.29. The zero-order chi connectivity index (χ0) is 13.9. The number of hydrogen-bond donors (Lipinski definition) is 0. The lowest BCUT2D eigenvalue weighted by Crippen LogP contribution is -2.12. The highest BCUT2D eigenvalue weighted by atomic mass is 35.5. The van der Waals surface area contributed by atoms with Crippen LogP contribution in [0.4, 0.5) is 0 Å². The number of hydrogen-bond acceptors (Lipinski definition) is 3. The lowest BCUT2D eigenvalue weighted by molar-refractivity contribution is 0.0945. The predicted molar refractivity (Wildman–Crippen MR) is 76.6 cm³/mol.